The number of hydrogen-bond donors (Lipinski definition) is 1. The van der Waals surface area contributed by atoms with E-state index in [-0.39, 0.29) is 24.0 Å². The topological polar surface area (TPSA) is 94.8 Å². The number of hydrogen-bond acceptors (Lipinski definition) is 6. The molecule has 21 heavy (non-hydrogen) atoms. The smallest absolute Gasteiger partial charge is 0.245 e. The third kappa shape index (κ3) is 4.72. The van der Waals surface area contributed by atoms with Gasteiger partial charge >= 0.3 is 0 Å². The van der Waals surface area contributed by atoms with Crippen LogP contribution in [0.5, 0.6) is 0 Å². The molecule has 7 nitrogen and oxygen atoms in total. The van der Waals surface area contributed by atoms with Crippen molar-refractivity contribution in [2.24, 2.45) is 5.73 Å². The number of sulfonamides is 1. The van der Waals surface area contributed by atoms with Gasteiger partial charge in [0.25, 0.3) is 0 Å². The zero-order valence-electron chi connectivity index (χ0n) is 12.7. The maximum absolute atomic E-state index is 12.7. The Labute approximate surface area is 126 Å². The molecule has 1 aromatic heterocycles. The van der Waals surface area contributed by atoms with Crippen LogP contribution in [0.1, 0.15) is 12.6 Å². The molecule has 2 N–H and O–H groups in total. The van der Waals surface area contributed by atoms with Gasteiger partial charge in [0.15, 0.2) is 0 Å². The second kappa shape index (κ2) is 8.40. The summed E-state index contributed by atoms with van der Waals surface area (Å²) in [5.74, 6) is 0. The van der Waals surface area contributed by atoms with Crippen molar-refractivity contribution in [3.63, 3.8) is 0 Å². The maximum atomic E-state index is 12.7. The first kappa shape index (κ1) is 18.0. The van der Waals surface area contributed by atoms with Gasteiger partial charge in [-0.1, -0.05) is 0 Å². The summed E-state index contributed by atoms with van der Waals surface area (Å²) in [6.45, 7) is 2.92. The Hall–Kier alpha value is -1.06. The molecule has 0 fully saturated rings. The average Bonchev–Trinajstić information content (AvgIpc) is 2.47. The Morgan fingerprint density at radius 2 is 2.05 bits per heavy atom. The summed E-state index contributed by atoms with van der Waals surface area (Å²) in [4.78, 5) is 4.18. The minimum Gasteiger partial charge on any atom is -0.383 e. The molecule has 1 aromatic rings. The predicted octanol–water partition coefficient (Wildman–Crippen LogP) is 0.212. The van der Waals surface area contributed by atoms with Gasteiger partial charge in [-0.25, -0.2) is 8.42 Å². The van der Waals surface area contributed by atoms with Crippen LogP contribution in [0.25, 0.3) is 0 Å². The van der Waals surface area contributed by atoms with Crippen molar-refractivity contribution in [1.82, 2.24) is 9.29 Å². The summed E-state index contributed by atoms with van der Waals surface area (Å²) in [6, 6.07) is 2.83. The van der Waals surface area contributed by atoms with Crippen LogP contribution in [0.4, 0.5) is 0 Å². The van der Waals surface area contributed by atoms with Gasteiger partial charge in [0.05, 0.1) is 18.9 Å². The van der Waals surface area contributed by atoms with Crippen molar-refractivity contribution < 1.29 is 17.9 Å². The molecule has 0 aliphatic heterocycles. The molecular formula is C13H23N3O4S. The standard InChI is InChI=1S/C13H23N3O4S/c1-11(10-20-3)16(6-7-19-2)21(17,18)13-5-4-12(8-14)15-9-13/h4-5,9,11H,6-8,10,14H2,1-3H3. The molecule has 1 rings (SSSR count). The van der Waals surface area contributed by atoms with E-state index in [9.17, 15) is 8.42 Å². The molecule has 0 bridgehead atoms. The van der Waals surface area contributed by atoms with E-state index in [1.165, 1.54) is 30.8 Å². The van der Waals surface area contributed by atoms with Gasteiger partial charge in [-0.05, 0) is 19.1 Å². The van der Waals surface area contributed by atoms with E-state index in [0.29, 0.717) is 18.9 Å². The highest BCUT2D eigenvalue weighted by atomic mass is 32.2. The fourth-order valence-electron chi connectivity index (χ4n) is 1.90. The molecule has 0 spiro atoms. The number of pyridine rings is 1. The van der Waals surface area contributed by atoms with E-state index in [1.54, 1.807) is 13.0 Å². The number of nitrogens with zero attached hydrogens (tertiary/aromatic N) is 2. The molecule has 0 amide bonds. The minimum atomic E-state index is -3.65. The molecule has 1 atom stereocenters. The molecule has 0 saturated heterocycles. The first-order chi connectivity index (χ1) is 9.97. The molecule has 120 valence electrons. The zero-order chi connectivity index (χ0) is 15.9. The number of ether oxygens (including phenoxy) is 2. The van der Waals surface area contributed by atoms with Crippen LogP contribution in [0.2, 0.25) is 0 Å². The van der Waals surface area contributed by atoms with Crippen LogP contribution in [0.3, 0.4) is 0 Å². The molecular weight excluding hydrogens is 294 g/mol. The van der Waals surface area contributed by atoms with Crippen LogP contribution in [0, 0.1) is 0 Å². The van der Waals surface area contributed by atoms with E-state index >= 15 is 0 Å². The summed E-state index contributed by atoms with van der Waals surface area (Å²) in [5, 5.41) is 0. The van der Waals surface area contributed by atoms with Gasteiger partial charge in [0, 0.05) is 39.5 Å². The number of methoxy groups -OCH3 is 2. The molecule has 1 heterocycles. The van der Waals surface area contributed by atoms with Crippen LogP contribution in [-0.2, 0) is 26.0 Å². The van der Waals surface area contributed by atoms with E-state index in [4.69, 9.17) is 15.2 Å². The third-order valence-corrected chi connectivity index (χ3v) is 5.03. The highest BCUT2D eigenvalue weighted by Crippen LogP contribution is 2.18. The van der Waals surface area contributed by atoms with E-state index in [1.807, 2.05) is 0 Å². The van der Waals surface area contributed by atoms with Gasteiger partial charge < -0.3 is 15.2 Å². The van der Waals surface area contributed by atoms with Gasteiger partial charge in [0.2, 0.25) is 10.0 Å². The zero-order valence-corrected chi connectivity index (χ0v) is 13.5. The number of rotatable bonds is 9. The average molecular weight is 317 g/mol. The summed E-state index contributed by atoms with van der Waals surface area (Å²) in [5.41, 5.74) is 6.11. The highest BCUT2D eigenvalue weighted by Gasteiger charge is 2.29. The lowest BCUT2D eigenvalue weighted by atomic mass is 10.3. The van der Waals surface area contributed by atoms with Crippen molar-refractivity contribution in [3.8, 4) is 0 Å². The fourth-order valence-corrected chi connectivity index (χ4v) is 3.45. The summed E-state index contributed by atoms with van der Waals surface area (Å²) in [6.07, 6.45) is 1.33. The fraction of sp³-hybridized carbons (Fsp3) is 0.615. The number of aromatic nitrogens is 1. The van der Waals surface area contributed by atoms with Gasteiger partial charge in [-0.15, -0.1) is 0 Å². The first-order valence-electron chi connectivity index (χ1n) is 6.62. The van der Waals surface area contributed by atoms with Crippen molar-refractivity contribution in [2.75, 3.05) is 34.0 Å². The van der Waals surface area contributed by atoms with Crippen molar-refractivity contribution in [3.05, 3.63) is 24.0 Å². The summed E-state index contributed by atoms with van der Waals surface area (Å²) < 4.78 is 36.8. The van der Waals surface area contributed by atoms with E-state index < -0.39 is 10.0 Å². The molecule has 0 aliphatic rings. The normalized spacial score (nSPS) is 13.6. The van der Waals surface area contributed by atoms with E-state index in [0.717, 1.165) is 0 Å². The highest BCUT2D eigenvalue weighted by molar-refractivity contribution is 7.89. The van der Waals surface area contributed by atoms with E-state index in [2.05, 4.69) is 4.98 Å². The quantitative estimate of drug-likeness (QED) is 0.700. The van der Waals surface area contributed by atoms with Crippen molar-refractivity contribution >= 4 is 10.0 Å². The third-order valence-electron chi connectivity index (χ3n) is 3.03. The Kier molecular flexibility index (Phi) is 7.20. The maximum Gasteiger partial charge on any atom is 0.245 e. The lowest BCUT2D eigenvalue weighted by molar-refractivity contribution is 0.119. The minimum absolute atomic E-state index is 0.138. The summed E-state index contributed by atoms with van der Waals surface area (Å²) in [7, 11) is -0.582. The lowest BCUT2D eigenvalue weighted by Gasteiger charge is -2.27. The number of nitrogens with two attached hydrogens (primary N) is 1. The van der Waals surface area contributed by atoms with Crippen LogP contribution < -0.4 is 5.73 Å². The molecule has 0 radical (unpaired) electrons. The SMILES string of the molecule is COCCN(C(C)COC)S(=O)(=O)c1ccc(CN)nc1. The van der Waals surface area contributed by atoms with Crippen molar-refractivity contribution in [2.45, 2.75) is 24.4 Å². The Bertz CT molecular complexity index is 519. The molecule has 0 aromatic carbocycles. The van der Waals surface area contributed by atoms with Crippen LogP contribution in [-0.4, -0.2) is 57.7 Å². The Morgan fingerprint density at radius 1 is 1.33 bits per heavy atom. The van der Waals surface area contributed by atoms with Crippen LogP contribution in [0.15, 0.2) is 23.2 Å². The van der Waals surface area contributed by atoms with Gasteiger partial charge in [-0.3, -0.25) is 4.98 Å². The van der Waals surface area contributed by atoms with Gasteiger partial charge in [-0.2, -0.15) is 4.31 Å². The Balaban J connectivity index is 3.06. The molecule has 8 heteroatoms. The molecule has 0 saturated carbocycles. The first-order valence-corrected chi connectivity index (χ1v) is 8.06. The molecule has 1 unspecified atom stereocenters. The summed E-state index contributed by atoms with van der Waals surface area (Å²) >= 11 is 0. The second-order valence-corrected chi connectivity index (χ2v) is 6.49. The Morgan fingerprint density at radius 3 is 2.52 bits per heavy atom. The lowest BCUT2D eigenvalue weighted by Crippen LogP contribution is -2.42. The second-order valence-electron chi connectivity index (χ2n) is 4.60. The molecule has 0 aliphatic carbocycles. The largest absolute Gasteiger partial charge is 0.383 e. The monoisotopic (exact) mass is 317 g/mol. The van der Waals surface area contributed by atoms with Gasteiger partial charge in [0.1, 0.15) is 4.90 Å². The van der Waals surface area contributed by atoms with Crippen LogP contribution >= 0.6 is 0 Å². The predicted molar refractivity (Wildman–Crippen MR) is 79.2 cm³/mol. The van der Waals surface area contributed by atoms with Crippen molar-refractivity contribution in [1.29, 1.82) is 0 Å².